The third-order valence-electron chi connectivity index (χ3n) is 5.03. The molecule has 0 unspecified atom stereocenters. The summed E-state index contributed by atoms with van der Waals surface area (Å²) in [7, 11) is 4.64. The second-order valence-corrected chi connectivity index (χ2v) is 6.95. The summed E-state index contributed by atoms with van der Waals surface area (Å²) in [6, 6.07) is 5.35. The smallest absolute Gasteiger partial charge is 0.332 e. The molecule has 0 fully saturated rings. The van der Waals surface area contributed by atoms with Crippen molar-refractivity contribution in [2.75, 3.05) is 14.2 Å². The number of fused-ring (bicyclic) bond motifs is 1. The molecule has 3 aromatic heterocycles. The highest BCUT2D eigenvalue weighted by atomic mass is 16.5. The van der Waals surface area contributed by atoms with Gasteiger partial charge in [-0.3, -0.25) is 13.9 Å². The highest BCUT2D eigenvalue weighted by molar-refractivity contribution is 5.72. The third-order valence-corrected chi connectivity index (χ3v) is 5.03. The molecule has 0 aliphatic heterocycles. The van der Waals surface area contributed by atoms with Gasteiger partial charge in [-0.2, -0.15) is 0 Å². The standard InChI is InChI=1S/C21H21N5O5/c1-11-15(24-19(31-11)13-7-6-8-16(29-4)17(13)30-5)10-26-20(27)14-9-22-12(2)23-18(14)25(3)21(26)28/h6-9H,10H2,1-5H3. The molecule has 0 aliphatic rings. The molecule has 4 aromatic rings. The lowest BCUT2D eigenvalue weighted by atomic mass is 10.2. The number of benzene rings is 1. The van der Waals surface area contributed by atoms with Gasteiger partial charge in [-0.05, 0) is 26.0 Å². The van der Waals surface area contributed by atoms with Crippen LogP contribution in [0.5, 0.6) is 11.5 Å². The van der Waals surface area contributed by atoms with E-state index in [-0.39, 0.29) is 17.6 Å². The van der Waals surface area contributed by atoms with Crippen molar-refractivity contribution in [3.8, 4) is 23.0 Å². The predicted molar refractivity (Wildman–Crippen MR) is 113 cm³/mol. The van der Waals surface area contributed by atoms with Gasteiger partial charge in [0.15, 0.2) is 17.1 Å². The SMILES string of the molecule is COc1cccc(-c2nc(Cn3c(=O)c4cnc(C)nc4n(C)c3=O)c(C)o2)c1OC. The largest absolute Gasteiger partial charge is 0.493 e. The van der Waals surface area contributed by atoms with Gasteiger partial charge < -0.3 is 13.9 Å². The Labute approximate surface area is 176 Å². The van der Waals surface area contributed by atoms with Gasteiger partial charge in [-0.25, -0.2) is 19.7 Å². The lowest BCUT2D eigenvalue weighted by Crippen LogP contribution is -2.40. The average molecular weight is 423 g/mol. The molecule has 0 aliphatic carbocycles. The lowest BCUT2D eigenvalue weighted by molar-refractivity contribution is 0.355. The van der Waals surface area contributed by atoms with Crippen molar-refractivity contribution in [1.82, 2.24) is 24.1 Å². The molecule has 0 saturated carbocycles. The van der Waals surface area contributed by atoms with Gasteiger partial charge >= 0.3 is 5.69 Å². The topological polar surface area (TPSA) is 114 Å². The van der Waals surface area contributed by atoms with E-state index in [1.165, 1.54) is 17.9 Å². The molecule has 10 heteroatoms. The number of aryl methyl sites for hydroxylation is 3. The summed E-state index contributed by atoms with van der Waals surface area (Å²) in [6.45, 7) is 3.36. The number of ether oxygens (including phenoxy) is 2. The van der Waals surface area contributed by atoms with Crippen molar-refractivity contribution in [2.24, 2.45) is 7.05 Å². The Hall–Kier alpha value is -3.95. The second kappa shape index (κ2) is 7.71. The molecule has 0 saturated heterocycles. The Morgan fingerprint density at radius 1 is 1.10 bits per heavy atom. The quantitative estimate of drug-likeness (QED) is 0.478. The molecule has 160 valence electrons. The summed E-state index contributed by atoms with van der Waals surface area (Å²) in [5.41, 5.74) is 0.349. The van der Waals surface area contributed by atoms with E-state index in [1.54, 1.807) is 46.2 Å². The molecule has 0 bridgehead atoms. The fourth-order valence-corrected chi connectivity index (χ4v) is 3.40. The summed E-state index contributed by atoms with van der Waals surface area (Å²) < 4.78 is 19.0. The van der Waals surface area contributed by atoms with Crippen molar-refractivity contribution in [2.45, 2.75) is 20.4 Å². The number of hydrogen-bond acceptors (Lipinski definition) is 8. The van der Waals surface area contributed by atoms with Crippen LogP contribution in [0.2, 0.25) is 0 Å². The average Bonchev–Trinajstić information content (AvgIpc) is 3.14. The molecule has 4 rings (SSSR count). The van der Waals surface area contributed by atoms with Gasteiger partial charge in [0.25, 0.3) is 5.56 Å². The summed E-state index contributed by atoms with van der Waals surface area (Å²) in [6.07, 6.45) is 1.43. The predicted octanol–water partition coefficient (Wildman–Crippen LogP) is 1.83. The fourth-order valence-electron chi connectivity index (χ4n) is 3.40. The number of hydrogen-bond donors (Lipinski definition) is 0. The summed E-state index contributed by atoms with van der Waals surface area (Å²) in [5, 5.41) is 0.253. The fraction of sp³-hybridized carbons (Fsp3) is 0.286. The zero-order valence-corrected chi connectivity index (χ0v) is 17.8. The Bertz CT molecular complexity index is 1420. The van der Waals surface area contributed by atoms with E-state index < -0.39 is 11.2 Å². The van der Waals surface area contributed by atoms with Crippen LogP contribution in [0.15, 0.2) is 38.4 Å². The first kappa shape index (κ1) is 20.3. The molecular weight excluding hydrogens is 402 g/mol. The zero-order chi connectivity index (χ0) is 22.3. The van der Waals surface area contributed by atoms with Gasteiger partial charge in [0.2, 0.25) is 5.89 Å². The van der Waals surface area contributed by atoms with Crippen LogP contribution < -0.4 is 20.7 Å². The highest BCUT2D eigenvalue weighted by Gasteiger charge is 2.20. The Kier molecular flexibility index (Phi) is 5.05. The van der Waals surface area contributed by atoms with Crippen LogP contribution in [-0.2, 0) is 13.6 Å². The minimum absolute atomic E-state index is 0.0586. The maximum Gasteiger partial charge on any atom is 0.332 e. The second-order valence-electron chi connectivity index (χ2n) is 6.95. The van der Waals surface area contributed by atoms with Gasteiger partial charge in [0, 0.05) is 13.2 Å². The zero-order valence-electron chi connectivity index (χ0n) is 17.8. The van der Waals surface area contributed by atoms with E-state index >= 15 is 0 Å². The van der Waals surface area contributed by atoms with Crippen LogP contribution in [0.4, 0.5) is 0 Å². The monoisotopic (exact) mass is 423 g/mol. The first-order chi connectivity index (χ1) is 14.8. The van der Waals surface area contributed by atoms with Crippen molar-refractivity contribution >= 4 is 11.0 Å². The number of oxazole rings is 1. The van der Waals surface area contributed by atoms with E-state index in [0.29, 0.717) is 40.2 Å². The minimum atomic E-state index is -0.501. The minimum Gasteiger partial charge on any atom is -0.493 e. The molecule has 0 spiro atoms. The van der Waals surface area contributed by atoms with Crippen molar-refractivity contribution in [1.29, 1.82) is 0 Å². The summed E-state index contributed by atoms with van der Waals surface area (Å²) >= 11 is 0. The number of methoxy groups -OCH3 is 2. The van der Waals surface area contributed by atoms with Crippen molar-refractivity contribution in [3.63, 3.8) is 0 Å². The molecule has 31 heavy (non-hydrogen) atoms. The third kappa shape index (κ3) is 3.35. The molecular formula is C21H21N5O5. The summed E-state index contributed by atoms with van der Waals surface area (Å²) in [5.74, 6) is 2.27. The molecule has 1 aromatic carbocycles. The van der Waals surface area contributed by atoms with Crippen LogP contribution in [0, 0.1) is 13.8 Å². The molecule has 10 nitrogen and oxygen atoms in total. The van der Waals surface area contributed by atoms with Gasteiger partial charge in [-0.1, -0.05) is 6.07 Å². The van der Waals surface area contributed by atoms with Crippen LogP contribution in [0.3, 0.4) is 0 Å². The highest BCUT2D eigenvalue weighted by Crippen LogP contribution is 2.37. The molecule has 0 N–H and O–H groups in total. The van der Waals surface area contributed by atoms with E-state index in [2.05, 4.69) is 15.0 Å². The lowest BCUT2D eigenvalue weighted by Gasteiger charge is -2.10. The van der Waals surface area contributed by atoms with Crippen LogP contribution in [-0.4, -0.2) is 38.3 Å². The van der Waals surface area contributed by atoms with E-state index in [9.17, 15) is 9.59 Å². The number of para-hydroxylation sites is 1. The molecule has 0 radical (unpaired) electrons. The van der Waals surface area contributed by atoms with Crippen LogP contribution >= 0.6 is 0 Å². The van der Waals surface area contributed by atoms with E-state index in [4.69, 9.17) is 13.9 Å². The molecule has 0 atom stereocenters. The number of nitrogens with zero attached hydrogens (tertiary/aromatic N) is 5. The van der Waals surface area contributed by atoms with Crippen molar-refractivity contribution in [3.05, 3.63) is 62.5 Å². The van der Waals surface area contributed by atoms with Crippen molar-refractivity contribution < 1.29 is 13.9 Å². The Balaban J connectivity index is 1.82. The van der Waals surface area contributed by atoms with Gasteiger partial charge in [0.1, 0.15) is 22.7 Å². The van der Waals surface area contributed by atoms with E-state index in [0.717, 1.165) is 4.57 Å². The normalized spacial score (nSPS) is 11.1. The Morgan fingerprint density at radius 2 is 1.87 bits per heavy atom. The first-order valence-electron chi connectivity index (χ1n) is 9.46. The number of rotatable bonds is 5. The maximum atomic E-state index is 13.0. The maximum absolute atomic E-state index is 13.0. The molecule has 0 amide bonds. The first-order valence-corrected chi connectivity index (χ1v) is 9.46. The summed E-state index contributed by atoms with van der Waals surface area (Å²) in [4.78, 5) is 38.7. The molecule has 3 heterocycles. The van der Waals surface area contributed by atoms with Gasteiger partial charge in [0.05, 0.1) is 26.3 Å². The van der Waals surface area contributed by atoms with Crippen LogP contribution in [0.1, 0.15) is 17.3 Å². The number of aromatic nitrogens is 5. The van der Waals surface area contributed by atoms with Crippen LogP contribution in [0.25, 0.3) is 22.5 Å². The van der Waals surface area contributed by atoms with Gasteiger partial charge in [-0.15, -0.1) is 0 Å². The van der Waals surface area contributed by atoms with E-state index in [1.807, 2.05) is 0 Å². The Morgan fingerprint density at radius 3 is 2.58 bits per heavy atom.